The predicted octanol–water partition coefficient (Wildman–Crippen LogP) is 1.02. The van der Waals surface area contributed by atoms with Crippen molar-refractivity contribution in [2.45, 2.75) is 19.3 Å². The second kappa shape index (κ2) is 9.54. The highest BCUT2D eigenvalue weighted by Crippen LogP contribution is 2.31. The first-order valence-electron chi connectivity index (χ1n) is 7.85. The summed E-state index contributed by atoms with van der Waals surface area (Å²) in [5.41, 5.74) is 0. The monoisotopic (exact) mass is 424 g/mol. The molecule has 0 radical (unpaired) electrons. The Balaban J connectivity index is 0.00000242. The van der Waals surface area contributed by atoms with Crippen LogP contribution in [0.15, 0.2) is 4.99 Å². The minimum Gasteiger partial charge on any atom is -0.381 e. The van der Waals surface area contributed by atoms with Crippen LogP contribution in [0, 0.1) is 11.8 Å². The van der Waals surface area contributed by atoms with Gasteiger partial charge in [0.05, 0.1) is 6.54 Å². The molecule has 0 bridgehead atoms. The number of nitrogens with one attached hydrogen (secondary N) is 1. The van der Waals surface area contributed by atoms with E-state index >= 15 is 0 Å². The summed E-state index contributed by atoms with van der Waals surface area (Å²) in [6.45, 7) is 4.19. The molecule has 2 heterocycles. The van der Waals surface area contributed by atoms with Crippen molar-refractivity contribution in [2.75, 3.05) is 54.0 Å². The van der Waals surface area contributed by atoms with Crippen molar-refractivity contribution in [1.82, 2.24) is 15.1 Å². The number of amides is 1. The average Bonchev–Trinajstić information content (AvgIpc) is 2.98. The third-order valence-corrected chi connectivity index (χ3v) is 4.57. The van der Waals surface area contributed by atoms with Crippen molar-refractivity contribution in [3.63, 3.8) is 0 Å². The lowest BCUT2D eigenvalue weighted by Crippen LogP contribution is -2.44. The van der Waals surface area contributed by atoms with Crippen molar-refractivity contribution < 1.29 is 9.53 Å². The molecule has 1 N–H and O–H groups in total. The van der Waals surface area contributed by atoms with Gasteiger partial charge in [0.25, 0.3) is 0 Å². The number of nitrogens with zero attached hydrogens (tertiary/aromatic N) is 3. The Labute approximate surface area is 150 Å². The van der Waals surface area contributed by atoms with Gasteiger partial charge in [-0.25, -0.2) is 0 Å². The van der Waals surface area contributed by atoms with E-state index in [1.165, 1.54) is 19.3 Å². The molecular weight excluding hydrogens is 395 g/mol. The number of guanidine groups is 1. The van der Waals surface area contributed by atoms with Gasteiger partial charge in [0.2, 0.25) is 5.91 Å². The smallest absolute Gasteiger partial charge is 0.241 e. The van der Waals surface area contributed by atoms with Gasteiger partial charge in [0, 0.05) is 47.4 Å². The van der Waals surface area contributed by atoms with Crippen LogP contribution in [-0.4, -0.2) is 75.7 Å². The first-order valence-corrected chi connectivity index (χ1v) is 7.85. The van der Waals surface area contributed by atoms with E-state index in [9.17, 15) is 4.79 Å². The fourth-order valence-corrected chi connectivity index (χ4v) is 3.20. The molecule has 2 fully saturated rings. The Morgan fingerprint density at radius 2 is 1.95 bits per heavy atom. The van der Waals surface area contributed by atoms with Crippen LogP contribution in [0.4, 0.5) is 0 Å². The Morgan fingerprint density at radius 1 is 1.27 bits per heavy atom. The molecule has 0 aromatic carbocycles. The second-order valence-corrected chi connectivity index (χ2v) is 6.13. The van der Waals surface area contributed by atoms with Gasteiger partial charge in [0.15, 0.2) is 5.96 Å². The molecule has 0 saturated carbocycles. The van der Waals surface area contributed by atoms with Gasteiger partial charge < -0.3 is 19.9 Å². The number of rotatable bonds is 3. The Kier molecular flexibility index (Phi) is 8.45. The van der Waals surface area contributed by atoms with Crippen LogP contribution < -0.4 is 5.32 Å². The van der Waals surface area contributed by atoms with Crippen LogP contribution >= 0.6 is 24.0 Å². The Bertz CT molecular complexity index is 384. The Hall–Kier alpha value is -0.570. The maximum atomic E-state index is 11.7. The van der Waals surface area contributed by atoms with Crippen molar-refractivity contribution in [1.29, 1.82) is 0 Å². The van der Waals surface area contributed by atoms with Gasteiger partial charge in [-0.3, -0.25) is 9.79 Å². The van der Waals surface area contributed by atoms with Gasteiger partial charge in [-0.1, -0.05) is 0 Å². The third-order valence-electron chi connectivity index (χ3n) is 4.57. The number of ether oxygens (including phenoxy) is 1. The van der Waals surface area contributed by atoms with E-state index in [2.05, 4.69) is 15.2 Å². The lowest BCUT2D eigenvalue weighted by Gasteiger charge is -2.28. The van der Waals surface area contributed by atoms with Crippen LogP contribution in [0.1, 0.15) is 19.3 Å². The summed E-state index contributed by atoms with van der Waals surface area (Å²) in [4.78, 5) is 19.9. The molecule has 2 aliphatic rings. The summed E-state index contributed by atoms with van der Waals surface area (Å²) in [6.07, 6.45) is 3.58. The van der Waals surface area contributed by atoms with Crippen molar-refractivity contribution in [3.8, 4) is 0 Å². The average molecular weight is 424 g/mol. The van der Waals surface area contributed by atoms with Crippen LogP contribution in [0.2, 0.25) is 0 Å². The van der Waals surface area contributed by atoms with Gasteiger partial charge >= 0.3 is 0 Å². The second-order valence-electron chi connectivity index (χ2n) is 6.13. The molecule has 0 aromatic rings. The minimum absolute atomic E-state index is 0. The summed E-state index contributed by atoms with van der Waals surface area (Å²) >= 11 is 0. The number of aliphatic imine (C=N–C) groups is 1. The molecule has 128 valence electrons. The maximum absolute atomic E-state index is 11.7. The molecule has 22 heavy (non-hydrogen) atoms. The van der Waals surface area contributed by atoms with E-state index in [4.69, 9.17) is 4.74 Å². The number of hydrogen-bond acceptors (Lipinski definition) is 3. The molecule has 2 saturated heterocycles. The van der Waals surface area contributed by atoms with Crippen LogP contribution in [-0.2, 0) is 9.53 Å². The van der Waals surface area contributed by atoms with Crippen molar-refractivity contribution >= 4 is 35.8 Å². The van der Waals surface area contributed by atoms with E-state index < -0.39 is 0 Å². The van der Waals surface area contributed by atoms with Gasteiger partial charge in [-0.05, 0) is 31.1 Å². The molecule has 0 aromatic heterocycles. The summed E-state index contributed by atoms with van der Waals surface area (Å²) < 4.78 is 5.45. The summed E-state index contributed by atoms with van der Waals surface area (Å²) in [5, 5.41) is 3.18. The molecule has 0 aliphatic carbocycles. The first-order chi connectivity index (χ1) is 10.1. The maximum Gasteiger partial charge on any atom is 0.241 e. The highest BCUT2D eigenvalue weighted by Gasteiger charge is 2.31. The number of halogens is 1. The van der Waals surface area contributed by atoms with Gasteiger partial charge in [-0.15, -0.1) is 24.0 Å². The summed E-state index contributed by atoms with van der Waals surface area (Å²) in [6, 6.07) is 0. The molecule has 1 atom stereocenters. The fourth-order valence-electron chi connectivity index (χ4n) is 3.20. The molecule has 1 unspecified atom stereocenters. The quantitative estimate of drug-likeness (QED) is 0.418. The van der Waals surface area contributed by atoms with E-state index in [-0.39, 0.29) is 29.9 Å². The molecule has 0 spiro atoms. The molecule has 2 aliphatic heterocycles. The first kappa shape index (κ1) is 19.5. The lowest BCUT2D eigenvalue weighted by atomic mass is 9.85. The normalized spacial score (nSPS) is 23.1. The summed E-state index contributed by atoms with van der Waals surface area (Å²) in [7, 11) is 5.32. The zero-order chi connectivity index (χ0) is 15.2. The minimum atomic E-state index is 0. The van der Waals surface area contributed by atoms with E-state index in [0.717, 1.165) is 44.1 Å². The van der Waals surface area contributed by atoms with Crippen LogP contribution in [0.25, 0.3) is 0 Å². The number of likely N-dealkylation sites (tertiary alicyclic amines) is 1. The highest BCUT2D eigenvalue weighted by atomic mass is 127. The summed E-state index contributed by atoms with van der Waals surface area (Å²) in [5.74, 6) is 2.43. The van der Waals surface area contributed by atoms with Crippen molar-refractivity contribution in [2.24, 2.45) is 16.8 Å². The van der Waals surface area contributed by atoms with Crippen LogP contribution in [0.5, 0.6) is 0 Å². The van der Waals surface area contributed by atoms with E-state index in [0.29, 0.717) is 6.54 Å². The largest absolute Gasteiger partial charge is 0.381 e. The van der Waals surface area contributed by atoms with Gasteiger partial charge in [-0.2, -0.15) is 0 Å². The topological polar surface area (TPSA) is 57.2 Å². The number of carbonyl (C=O) groups excluding carboxylic acids is 1. The standard InChI is InChI=1S/C15H28N4O2.HI/c1-16-15(17-10-14(20)18(2)3)19-7-4-13(11-19)12-5-8-21-9-6-12;/h12-13H,4-11H2,1-3H3,(H,16,17);1H. The number of likely N-dealkylation sites (N-methyl/N-ethyl adjacent to an activating group) is 1. The zero-order valence-corrected chi connectivity index (χ0v) is 16.2. The fraction of sp³-hybridized carbons (Fsp3) is 0.867. The molecule has 6 nitrogen and oxygen atoms in total. The lowest BCUT2D eigenvalue weighted by molar-refractivity contribution is -0.127. The molecule has 1 amide bonds. The van der Waals surface area contributed by atoms with Crippen molar-refractivity contribution in [3.05, 3.63) is 0 Å². The molecular formula is C15H29IN4O2. The number of hydrogen-bond donors (Lipinski definition) is 1. The highest BCUT2D eigenvalue weighted by molar-refractivity contribution is 14.0. The van der Waals surface area contributed by atoms with Crippen LogP contribution in [0.3, 0.4) is 0 Å². The Morgan fingerprint density at radius 3 is 2.55 bits per heavy atom. The van der Waals surface area contributed by atoms with Gasteiger partial charge in [0.1, 0.15) is 0 Å². The van der Waals surface area contributed by atoms with E-state index in [1.54, 1.807) is 26.0 Å². The van der Waals surface area contributed by atoms with E-state index in [1.807, 2.05) is 0 Å². The predicted molar refractivity (Wildman–Crippen MR) is 98.7 cm³/mol. The molecule has 7 heteroatoms. The third kappa shape index (κ3) is 5.26. The zero-order valence-electron chi connectivity index (χ0n) is 13.9. The number of carbonyl (C=O) groups is 1. The SMILES string of the molecule is CN=C(NCC(=O)N(C)C)N1CCC(C2CCOCC2)C1.I. The molecule has 2 rings (SSSR count).